The summed E-state index contributed by atoms with van der Waals surface area (Å²) >= 11 is 0. The first kappa shape index (κ1) is 14.0. The summed E-state index contributed by atoms with van der Waals surface area (Å²) in [7, 11) is 2.13. The fourth-order valence-electron chi connectivity index (χ4n) is 3.79. The summed E-state index contributed by atoms with van der Waals surface area (Å²) in [5.41, 5.74) is 0. The van der Waals surface area contributed by atoms with Crippen molar-refractivity contribution >= 4 is 11.8 Å². The van der Waals surface area contributed by atoms with Gasteiger partial charge in [-0.05, 0) is 45.8 Å². The number of rotatable bonds is 3. The lowest BCUT2D eigenvalue weighted by atomic mass is 10.0. The van der Waals surface area contributed by atoms with E-state index in [9.17, 15) is 9.59 Å². The highest BCUT2D eigenvalue weighted by atomic mass is 16.2. The fraction of sp³-hybridized carbons (Fsp3) is 0.867. The normalized spacial score (nSPS) is 30.6. The molecule has 2 amide bonds. The monoisotopic (exact) mass is 279 g/mol. The molecule has 0 radical (unpaired) electrons. The summed E-state index contributed by atoms with van der Waals surface area (Å²) < 4.78 is 0. The quantitative estimate of drug-likeness (QED) is 0.774. The molecule has 1 saturated carbocycles. The second-order valence-electron chi connectivity index (χ2n) is 6.54. The van der Waals surface area contributed by atoms with E-state index in [4.69, 9.17) is 0 Å². The van der Waals surface area contributed by atoms with E-state index in [1.54, 1.807) is 4.90 Å². The largest absolute Gasteiger partial charge is 0.306 e. The Labute approximate surface area is 120 Å². The van der Waals surface area contributed by atoms with Crippen LogP contribution in [0.5, 0.6) is 0 Å². The lowest BCUT2D eigenvalue weighted by Gasteiger charge is -2.31. The molecule has 3 aliphatic rings. The summed E-state index contributed by atoms with van der Waals surface area (Å²) in [6.07, 6.45) is 6.79. The standard InChI is InChI=1S/C15H25N3O2/c1-17-8-6-11(7-9-17)16-13-10-14(19)18(15(13)20)12-4-2-3-5-12/h11-13,16H,2-10H2,1H3. The number of carbonyl (C=O) groups excluding carboxylic acids is 2. The van der Waals surface area contributed by atoms with Gasteiger partial charge >= 0.3 is 0 Å². The van der Waals surface area contributed by atoms with Gasteiger partial charge in [0, 0.05) is 12.1 Å². The van der Waals surface area contributed by atoms with Crippen molar-refractivity contribution in [1.29, 1.82) is 0 Å². The molecule has 3 rings (SSSR count). The molecule has 2 saturated heterocycles. The molecular formula is C15H25N3O2. The Morgan fingerprint density at radius 1 is 1.05 bits per heavy atom. The van der Waals surface area contributed by atoms with Gasteiger partial charge in [0.2, 0.25) is 11.8 Å². The minimum Gasteiger partial charge on any atom is -0.306 e. The van der Waals surface area contributed by atoms with Crippen molar-refractivity contribution in [1.82, 2.24) is 15.1 Å². The maximum Gasteiger partial charge on any atom is 0.247 e. The second kappa shape index (κ2) is 5.82. The number of hydrogen-bond acceptors (Lipinski definition) is 4. The Morgan fingerprint density at radius 3 is 2.35 bits per heavy atom. The van der Waals surface area contributed by atoms with Crippen LogP contribution in [0.3, 0.4) is 0 Å². The Morgan fingerprint density at radius 2 is 1.70 bits per heavy atom. The van der Waals surface area contributed by atoms with Crippen LogP contribution in [-0.2, 0) is 9.59 Å². The maximum absolute atomic E-state index is 12.5. The molecule has 3 fully saturated rings. The number of amides is 2. The molecule has 5 heteroatoms. The second-order valence-corrected chi connectivity index (χ2v) is 6.54. The van der Waals surface area contributed by atoms with Gasteiger partial charge in [-0.1, -0.05) is 12.8 Å². The maximum atomic E-state index is 12.5. The van der Waals surface area contributed by atoms with Crippen LogP contribution in [0.25, 0.3) is 0 Å². The third kappa shape index (κ3) is 2.74. The third-order valence-corrected chi connectivity index (χ3v) is 5.03. The minimum atomic E-state index is -0.267. The average molecular weight is 279 g/mol. The van der Waals surface area contributed by atoms with Crippen LogP contribution in [0.1, 0.15) is 44.9 Å². The molecule has 0 spiro atoms. The first-order valence-corrected chi connectivity index (χ1v) is 7.95. The highest BCUT2D eigenvalue weighted by Gasteiger charge is 2.43. The van der Waals surface area contributed by atoms with Crippen LogP contribution in [0.2, 0.25) is 0 Å². The van der Waals surface area contributed by atoms with Crippen molar-refractivity contribution in [3.05, 3.63) is 0 Å². The molecule has 0 aromatic carbocycles. The molecule has 0 aromatic rings. The first-order valence-electron chi connectivity index (χ1n) is 7.95. The number of imide groups is 1. The Bertz CT molecular complexity index is 385. The topological polar surface area (TPSA) is 52.7 Å². The van der Waals surface area contributed by atoms with E-state index < -0.39 is 0 Å². The lowest BCUT2D eigenvalue weighted by Crippen LogP contribution is -2.49. The van der Waals surface area contributed by atoms with E-state index in [2.05, 4.69) is 17.3 Å². The first-order chi connectivity index (χ1) is 9.65. The summed E-state index contributed by atoms with van der Waals surface area (Å²) in [6, 6.07) is 0.298. The van der Waals surface area contributed by atoms with Crippen LogP contribution in [-0.4, -0.2) is 59.9 Å². The van der Waals surface area contributed by atoms with Crippen molar-refractivity contribution in [2.45, 2.75) is 63.1 Å². The Balaban J connectivity index is 1.58. The highest BCUT2D eigenvalue weighted by Crippen LogP contribution is 2.28. The zero-order valence-electron chi connectivity index (χ0n) is 12.3. The van der Waals surface area contributed by atoms with Gasteiger partial charge in [0.25, 0.3) is 0 Å². The lowest BCUT2D eigenvalue weighted by molar-refractivity contribution is -0.141. The van der Waals surface area contributed by atoms with Gasteiger partial charge in [-0.2, -0.15) is 0 Å². The molecule has 1 aliphatic carbocycles. The summed E-state index contributed by atoms with van der Waals surface area (Å²) in [6.45, 7) is 2.14. The van der Waals surface area contributed by atoms with Gasteiger partial charge in [0.15, 0.2) is 0 Å². The number of piperidine rings is 1. The van der Waals surface area contributed by atoms with Gasteiger partial charge in [-0.3, -0.25) is 14.5 Å². The molecule has 1 atom stereocenters. The van der Waals surface area contributed by atoms with Crippen LogP contribution in [0, 0.1) is 0 Å². The Kier molecular flexibility index (Phi) is 4.08. The van der Waals surface area contributed by atoms with Crippen LogP contribution >= 0.6 is 0 Å². The van der Waals surface area contributed by atoms with Crippen molar-refractivity contribution in [3.63, 3.8) is 0 Å². The molecule has 1 N–H and O–H groups in total. The van der Waals surface area contributed by atoms with E-state index in [0.29, 0.717) is 12.5 Å². The zero-order chi connectivity index (χ0) is 14.1. The van der Waals surface area contributed by atoms with E-state index >= 15 is 0 Å². The van der Waals surface area contributed by atoms with Crippen molar-refractivity contribution in [2.75, 3.05) is 20.1 Å². The van der Waals surface area contributed by atoms with Gasteiger partial charge in [0.05, 0.1) is 12.5 Å². The van der Waals surface area contributed by atoms with Crippen LogP contribution in [0.15, 0.2) is 0 Å². The molecule has 0 bridgehead atoms. The number of carbonyl (C=O) groups is 2. The average Bonchev–Trinajstić information content (AvgIpc) is 3.02. The number of nitrogens with one attached hydrogen (secondary N) is 1. The molecule has 2 heterocycles. The minimum absolute atomic E-state index is 0.0285. The molecule has 1 unspecified atom stereocenters. The Hall–Kier alpha value is -0.940. The van der Waals surface area contributed by atoms with Crippen molar-refractivity contribution in [2.24, 2.45) is 0 Å². The van der Waals surface area contributed by atoms with Crippen LogP contribution < -0.4 is 5.32 Å². The number of likely N-dealkylation sites (tertiary alicyclic amines) is 2. The SMILES string of the molecule is CN1CCC(NC2CC(=O)N(C3CCCC3)C2=O)CC1. The molecule has 2 aliphatic heterocycles. The van der Waals surface area contributed by atoms with Gasteiger partial charge in [-0.25, -0.2) is 0 Å². The molecular weight excluding hydrogens is 254 g/mol. The predicted molar refractivity (Wildman–Crippen MR) is 76.2 cm³/mol. The summed E-state index contributed by atoms with van der Waals surface area (Å²) in [5.74, 6) is 0.0631. The van der Waals surface area contributed by atoms with Gasteiger partial charge < -0.3 is 10.2 Å². The van der Waals surface area contributed by atoms with Gasteiger partial charge in [-0.15, -0.1) is 0 Å². The zero-order valence-corrected chi connectivity index (χ0v) is 12.3. The van der Waals surface area contributed by atoms with E-state index in [0.717, 1.165) is 51.6 Å². The third-order valence-electron chi connectivity index (χ3n) is 5.03. The fourth-order valence-corrected chi connectivity index (χ4v) is 3.79. The van der Waals surface area contributed by atoms with Crippen molar-refractivity contribution in [3.8, 4) is 0 Å². The van der Waals surface area contributed by atoms with Crippen LogP contribution in [0.4, 0.5) is 0 Å². The van der Waals surface area contributed by atoms with Gasteiger partial charge in [0.1, 0.15) is 0 Å². The molecule has 20 heavy (non-hydrogen) atoms. The number of hydrogen-bond donors (Lipinski definition) is 1. The molecule has 5 nitrogen and oxygen atoms in total. The summed E-state index contributed by atoms with van der Waals surface area (Å²) in [5, 5.41) is 3.43. The molecule has 112 valence electrons. The van der Waals surface area contributed by atoms with E-state index in [1.165, 1.54) is 0 Å². The van der Waals surface area contributed by atoms with E-state index in [-0.39, 0.29) is 23.9 Å². The smallest absolute Gasteiger partial charge is 0.247 e. The molecule has 0 aromatic heterocycles. The predicted octanol–water partition coefficient (Wildman–Crippen LogP) is 0.740. The highest BCUT2D eigenvalue weighted by molar-refractivity contribution is 6.05. The van der Waals surface area contributed by atoms with E-state index in [1.807, 2.05) is 0 Å². The summed E-state index contributed by atoms with van der Waals surface area (Å²) in [4.78, 5) is 28.5. The van der Waals surface area contributed by atoms with Crippen molar-refractivity contribution < 1.29 is 9.59 Å². The number of nitrogens with zero attached hydrogens (tertiary/aromatic N) is 2.